The van der Waals surface area contributed by atoms with Gasteiger partial charge in [0.05, 0.1) is 0 Å². The first-order valence-corrected chi connectivity index (χ1v) is 8.09. The Balaban J connectivity index is 2.12. The zero-order valence-corrected chi connectivity index (χ0v) is 14.4. The minimum Gasteiger partial charge on any atom is -0.385 e. The number of carbonyl (C=O) groups excluding carboxylic acids is 1. The van der Waals surface area contributed by atoms with Gasteiger partial charge in [-0.3, -0.25) is 4.79 Å². The predicted molar refractivity (Wildman–Crippen MR) is 97.1 cm³/mol. The van der Waals surface area contributed by atoms with Crippen molar-refractivity contribution in [2.45, 2.75) is 20.3 Å². The fourth-order valence-corrected chi connectivity index (χ4v) is 2.61. The zero-order valence-electron chi connectivity index (χ0n) is 12.2. The summed E-state index contributed by atoms with van der Waals surface area (Å²) in [5, 5.41) is 6.26. The Hall–Kier alpha value is -1.56. The van der Waals surface area contributed by atoms with Crippen molar-refractivity contribution >= 4 is 39.9 Å². The molecule has 2 aromatic rings. The van der Waals surface area contributed by atoms with Crippen LogP contribution in [0.5, 0.6) is 0 Å². The van der Waals surface area contributed by atoms with E-state index in [0.29, 0.717) is 5.56 Å². The van der Waals surface area contributed by atoms with Gasteiger partial charge >= 0.3 is 0 Å². The largest absolute Gasteiger partial charge is 0.385 e. The molecule has 0 heterocycles. The first-order chi connectivity index (χ1) is 10.1. The van der Waals surface area contributed by atoms with Gasteiger partial charge in [0, 0.05) is 27.1 Å². The molecule has 0 saturated carbocycles. The highest BCUT2D eigenvalue weighted by Gasteiger charge is 2.10. The van der Waals surface area contributed by atoms with E-state index in [1.165, 1.54) is 0 Å². The molecule has 0 aliphatic heterocycles. The molecule has 3 nitrogen and oxygen atoms in total. The molecule has 0 saturated heterocycles. The van der Waals surface area contributed by atoms with Crippen molar-refractivity contribution in [3.63, 3.8) is 0 Å². The lowest BCUT2D eigenvalue weighted by Gasteiger charge is -2.11. The summed E-state index contributed by atoms with van der Waals surface area (Å²) >= 11 is 2.23. The van der Waals surface area contributed by atoms with Crippen LogP contribution in [0.1, 0.15) is 29.3 Å². The molecular formula is C17H19IN2O. The average Bonchev–Trinajstić information content (AvgIpc) is 2.45. The summed E-state index contributed by atoms with van der Waals surface area (Å²) in [6.07, 6.45) is 1.08. The molecule has 4 heteroatoms. The fraction of sp³-hybridized carbons (Fsp3) is 0.235. The van der Waals surface area contributed by atoms with Crippen LogP contribution in [0.3, 0.4) is 0 Å². The Labute approximate surface area is 139 Å². The molecule has 2 N–H and O–H groups in total. The molecule has 2 aromatic carbocycles. The Bertz CT molecular complexity index is 640. The van der Waals surface area contributed by atoms with Gasteiger partial charge in [-0.2, -0.15) is 0 Å². The van der Waals surface area contributed by atoms with Gasteiger partial charge in [0.1, 0.15) is 0 Å². The van der Waals surface area contributed by atoms with Crippen molar-refractivity contribution < 1.29 is 4.79 Å². The molecule has 21 heavy (non-hydrogen) atoms. The quantitative estimate of drug-likeness (QED) is 0.724. The first-order valence-electron chi connectivity index (χ1n) is 7.01. The molecular weight excluding hydrogens is 375 g/mol. The number of nitrogens with one attached hydrogen (secondary N) is 2. The molecule has 0 fully saturated rings. The summed E-state index contributed by atoms with van der Waals surface area (Å²) in [6, 6.07) is 13.6. The number of benzene rings is 2. The van der Waals surface area contributed by atoms with Crippen LogP contribution in [0, 0.1) is 10.5 Å². The Morgan fingerprint density at radius 3 is 2.62 bits per heavy atom. The van der Waals surface area contributed by atoms with Crippen LogP contribution in [0.2, 0.25) is 0 Å². The summed E-state index contributed by atoms with van der Waals surface area (Å²) in [7, 11) is 0. The maximum atomic E-state index is 12.3. The van der Waals surface area contributed by atoms with Gasteiger partial charge in [0.2, 0.25) is 0 Å². The number of halogens is 1. The minimum atomic E-state index is -0.0726. The van der Waals surface area contributed by atoms with E-state index in [0.717, 1.165) is 33.5 Å². The van der Waals surface area contributed by atoms with E-state index < -0.39 is 0 Å². The second-order valence-electron chi connectivity index (χ2n) is 4.92. The van der Waals surface area contributed by atoms with E-state index in [4.69, 9.17) is 0 Å². The highest BCUT2D eigenvalue weighted by Crippen LogP contribution is 2.18. The van der Waals surface area contributed by atoms with Crippen LogP contribution in [0.4, 0.5) is 11.4 Å². The number of anilines is 2. The summed E-state index contributed by atoms with van der Waals surface area (Å²) in [5.74, 6) is -0.0726. The summed E-state index contributed by atoms with van der Waals surface area (Å²) in [4.78, 5) is 12.3. The van der Waals surface area contributed by atoms with E-state index in [-0.39, 0.29) is 5.91 Å². The molecule has 0 aromatic heterocycles. The van der Waals surface area contributed by atoms with Crippen LogP contribution < -0.4 is 10.6 Å². The Kier molecular flexibility index (Phi) is 5.61. The number of amides is 1. The van der Waals surface area contributed by atoms with Crippen LogP contribution >= 0.6 is 22.6 Å². The third-order valence-corrected chi connectivity index (χ3v) is 3.80. The number of aryl methyl sites for hydroxylation is 1. The fourth-order valence-electron chi connectivity index (χ4n) is 2.06. The molecule has 0 atom stereocenters. The van der Waals surface area contributed by atoms with Gasteiger partial charge in [-0.05, 0) is 77.9 Å². The zero-order chi connectivity index (χ0) is 15.2. The maximum Gasteiger partial charge on any atom is 0.255 e. The highest BCUT2D eigenvalue weighted by atomic mass is 127. The van der Waals surface area contributed by atoms with Crippen molar-refractivity contribution in [2.75, 3.05) is 17.2 Å². The van der Waals surface area contributed by atoms with Crippen molar-refractivity contribution in [1.82, 2.24) is 0 Å². The second kappa shape index (κ2) is 7.45. The van der Waals surface area contributed by atoms with Gasteiger partial charge in [-0.1, -0.05) is 13.0 Å². The molecule has 0 unspecified atom stereocenters. The summed E-state index contributed by atoms with van der Waals surface area (Å²) < 4.78 is 1.10. The lowest BCUT2D eigenvalue weighted by Crippen LogP contribution is -2.13. The number of carbonyl (C=O) groups is 1. The van der Waals surface area contributed by atoms with E-state index >= 15 is 0 Å². The third-order valence-electron chi connectivity index (χ3n) is 3.13. The van der Waals surface area contributed by atoms with Crippen LogP contribution in [-0.4, -0.2) is 12.5 Å². The van der Waals surface area contributed by atoms with E-state index in [1.807, 2.05) is 49.4 Å². The van der Waals surface area contributed by atoms with E-state index in [1.54, 1.807) is 0 Å². The van der Waals surface area contributed by atoms with Gasteiger partial charge < -0.3 is 10.6 Å². The minimum absolute atomic E-state index is 0.0726. The van der Waals surface area contributed by atoms with E-state index in [9.17, 15) is 4.79 Å². The van der Waals surface area contributed by atoms with E-state index in [2.05, 4.69) is 40.1 Å². The Morgan fingerprint density at radius 1 is 1.14 bits per heavy atom. The van der Waals surface area contributed by atoms with Gasteiger partial charge in [0.15, 0.2) is 0 Å². The van der Waals surface area contributed by atoms with Crippen molar-refractivity contribution in [2.24, 2.45) is 0 Å². The number of rotatable bonds is 5. The number of hydrogen-bond acceptors (Lipinski definition) is 2. The normalized spacial score (nSPS) is 10.2. The number of hydrogen-bond donors (Lipinski definition) is 2. The molecule has 110 valence electrons. The molecule has 0 aliphatic carbocycles. The molecule has 0 aliphatic rings. The molecule has 0 spiro atoms. The molecule has 2 rings (SSSR count). The monoisotopic (exact) mass is 394 g/mol. The third kappa shape index (κ3) is 4.46. The van der Waals surface area contributed by atoms with Crippen molar-refractivity contribution in [3.05, 3.63) is 57.2 Å². The molecule has 0 bridgehead atoms. The summed E-state index contributed by atoms with van der Waals surface area (Å²) in [5.41, 5.74) is 3.55. The van der Waals surface area contributed by atoms with Crippen LogP contribution in [0.15, 0.2) is 42.5 Å². The molecule has 0 radical (unpaired) electrons. The van der Waals surface area contributed by atoms with Crippen molar-refractivity contribution in [1.29, 1.82) is 0 Å². The standard InChI is InChI=1S/C17H19IN2O/c1-3-9-19-14-7-8-16(12(2)10-14)17(21)20-15-6-4-5-13(18)11-15/h4-8,10-11,19H,3,9H2,1-2H3,(H,20,21). The summed E-state index contributed by atoms with van der Waals surface area (Å²) in [6.45, 7) is 5.02. The second-order valence-corrected chi connectivity index (χ2v) is 6.17. The topological polar surface area (TPSA) is 41.1 Å². The lowest BCUT2D eigenvalue weighted by atomic mass is 10.1. The predicted octanol–water partition coefficient (Wildman–Crippen LogP) is 4.67. The maximum absolute atomic E-state index is 12.3. The van der Waals surface area contributed by atoms with Crippen molar-refractivity contribution in [3.8, 4) is 0 Å². The Morgan fingerprint density at radius 2 is 1.95 bits per heavy atom. The SMILES string of the molecule is CCCNc1ccc(C(=O)Nc2cccc(I)c2)c(C)c1. The van der Waals surface area contributed by atoms with Gasteiger partial charge in [0.25, 0.3) is 5.91 Å². The average molecular weight is 394 g/mol. The smallest absolute Gasteiger partial charge is 0.255 e. The van der Waals surface area contributed by atoms with Gasteiger partial charge in [-0.15, -0.1) is 0 Å². The van der Waals surface area contributed by atoms with Crippen LogP contribution in [-0.2, 0) is 0 Å². The lowest BCUT2D eigenvalue weighted by molar-refractivity contribution is 0.102. The molecule has 1 amide bonds. The highest BCUT2D eigenvalue weighted by molar-refractivity contribution is 14.1. The first kappa shape index (κ1) is 15.8. The van der Waals surface area contributed by atoms with Crippen LogP contribution in [0.25, 0.3) is 0 Å². The van der Waals surface area contributed by atoms with Gasteiger partial charge in [-0.25, -0.2) is 0 Å².